The topological polar surface area (TPSA) is 114 Å². The number of aromatic nitrogens is 4. The minimum absolute atomic E-state index is 0.161. The Hall–Kier alpha value is -4.57. The van der Waals surface area contributed by atoms with Crippen LogP contribution >= 0.6 is 0 Å². The van der Waals surface area contributed by atoms with Gasteiger partial charge in [0.15, 0.2) is 0 Å². The zero-order valence-electron chi connectivity index (χ0n) is 20.0. The SMILES string of the molecule is CC(=O)n1cc(C(O)C2C=CC3C(=O)N(Cc4ccccc4)C(=O)C3N2n2cnnc2)c2ccccc21. The number of aliphatic hydroxyl groups excluding tert-OH is 1. The Kier molecular flexibility index (Phi) is 5.45. The molecule has 4 unspecified atom stereocenters. The van der Waals surface area contributed by atoms with Crippen molar-refractivity contribution < 1.29 is 19.5 Å². The summed E-state index contributed by atoms with van der Waals surface area (Å²) in [5, 5.41) is 21.9. The molecule has 10 nitrogen and oxygen atoms in total. The first-order chi connectivity index (χ1) is 18.0. The van der Waals surface area contributed by atoms with E-state index < -0.39 is 24.1 Å². The fourth-order valence-corrected chi connectivity index (χ4v) is 5.38. The van der Waals surface area contributed by atoms with Gasteiger partial charge in [-0.3, -0.25) is 28.9 Å². The molecule has 4 aromatic rings. The van der Waals surface area contributed by atoms with Crippen molar-refractivity contribution in [3.8, 4) is 0 Å². The first-order valence-electron chi connectivity index (χ1n) is 12.0. The molecular weight excluding hydrogens is 472 g/mol. The molecule has 37 heavy (non-hydrogen) atoms. The second-order valence-corrected chi connectivity index (χ2v) is 9.25. The number of carbonyl (C=O) groups excluding carboxylic acids is 3. The zero-order chi connectivity index (χ0) is 25.7. The Morgan fingerprint density at radius 3 is 2.41 bits per heavy atom. The van der Waals surface area contributed by atoms with E-state index in [4.69, 9.17) is 0 Å². The molecule has 6 rings (SSSR count). The van der Waals surface area contributed by atoms with E-state index in [0.717, 1.165) is 10.9 Å². The largest absolute Gasteiger partial charge is 0.386 e. The molecule has 1 saturated heterocycles. The van der Waals surface area contributed by atoms with E-state index in [1.54, 1.807) is 23.4 Å². The lowest BCUT2D eigenvalue weighted by Crippen LogP contribution is -2.58. The minimum atomic E-state index is -1.13. The second kappa shape index (κ2) is 8.82. The Balaban J connectivity index is 1.41. The van der Waals surface area contributed by atoms with E-state index >= 15 is 0 Å². The maximum absolute atomic E-state index is 13.7. The monoisotopic (exact) mass is 496 g/mol. The minimum Gasteiger partial charge on any atom is -0.386 e. The Morgan fingerprint density at radius 2 is 1.68 bits per heavy atom. The molecule has 2 aromatic carbocycles. The van der Waals surface area contributed by atoms with Gasteiger partial charge in [0.1, 0.15) is 24.8 Å². The molecule has 2 aromatic heterocycles. The predicted molar refractivity (Wildman–Crippen MR) is 134 cm³/mol. The van der Waals surface area contributed by atoms with E-state index in [1.807, 2.05) is 54.6 Å². The Morgan fingerprint density at radius 1 is 0.973 bits per heavy atom. The van der Waals surface area contributed by atoms with Crippen molar-refractivity contribution in [1.29, 1.82) is 0 Å². The van der Waals surface area contributed by atoms with Crippen molar-refractivity contribution in [3.05, 3.63) is 96.7 Å². The lowest BCUT2D eigenvalue weighted by Gasteiger charge is -2.41. The summed E-state index contributed by atoms with van der Waals surface area (Å²) < 4.78 is 3.04. The molecule has 4 atom stereocenters. The van der Waals surface area contributed by atoms with E-state index in [2.05, 4.69) is 10.2 Å². The molecule has 0 spiro atoms. The van der Waals surface area contributed by atoms with Crippen molar-refractivity contribution >= 4 is 28.6 Å². The summed E-state index contributed by atoms with van der Waals surface area (Å²) in [6.07, 6.45) is 6.82. The van der Waals surface area contributed by atoms with Crippen LogP contribution in [0.4, 0.5) is 0 Å². The average Bonchev–Trinajstić information content (AvgIpc) is 3.63. The van der Waals surface area contributed by atoms with Crippen LogP contribution in [0.5, 0.6) is 0 Å². The number of aliphatic hydroxyl groups is 1. The van der Waals surface area contributed by atoms with E-state index in [1.165, 1.54) is 33.7 Å². The number of imide groups is 1. The molecule has 0 aliphatic carbocycles. The highest BCUT2D eigenvalue weighted by Crippen LogP contribution is 2.37. The maximum Gasteiger partial charge on any atom is 0.255 e. The maximum atomic E-state index is 13.7. The summed E-state index contributed by atoms with van der Waals surface area (Å²) in [7, 11) is 0. The number of hydrogen-bond acceptors (Lipinski definition) is 7. The summed E-state index contributed by atoms with van der Waals surface area (Å²) in [6, 6.07) is 15.0. The third-order valence-electron chi connectivity index (χ3n) is 7.10. The molecule has 0 bridgehead atoms. The summed E-state index contributed by atoms with van der Waals surface area (Å²) in [4.78, 5) is 40.6. The first-order valence-corrected chi connectivity index (χ1v) is 12.0. The van der Waals surface area contributed by atoms with Crippen LogP contribution < -0.4 is 5.01 Å². The number of amides is 2. The molecule has 2 aliphatic rings. The first kappa shape index (κ1) is 22.9. The van der Waals surface area contributed by atoms with Crippen molar-refractivity contribution in [2.75, 3.05) is 5.01 Å². The van der Waals surface area contributed by atoms with Gasteiger partial charge in [0.2, 0.25) is 11.8 Å². The number of rotatable bonds is 5. The molecule has 4 heterocycles. The Labute approximate surface area is 212 Å². The van der Waals surface area contributed by atoms with E-state index in [0.29, 0.717) is 11.1 Å². The molecular formula is C27H24N6O4. The highest BCUT2D eigenvalue weighted by Gasteiger charge is 2.54. The van der Waals surface area contributed by atoms with E-state index in [-0.39, 0.29) is 24.3 Å². The number of hydrogen-bond donors (Lipinski definition) is 1. The lowest BCUT2D eigenvalue weighted by molar-refractivity contribution is -0.140. The fraction of sp³-hybridized carbons (Fsp3) is 0.222. The van der Waals surface area contributed by atoms with Crippen LogP contribution in [0.2, 0.25) is 0 Å². The van der Waals surface area contributed by atoms with Crippen LogP contribution in [0.3, 0.4) is 0 Å². The van der Waals surface area contributed by atoms with Crippen molar-refractivity contribution in [3.63, 3.8) is 0 Å². The van der Waals surface area contributed by atoms with Crippen molar-refractivity contribution in [2.24, 2.45) is 5.92 Å². The normalized spacial score (nSPS) is 22.1. The van der Waals surface area contributed by atoms with Crippen molar-refractivity contribution in [2.45, 2.75) is 31.7 Å². The fourth-order valence-electron chi connectivity index (χ4n) is 5.38. The quantitative estimate of drug-likeness (QED) is 0.332. The predicted octanol–water partition coefficient (Wildman–Crippen LogP) is 2.06. The van der Waals surface area contributed by atoms with Gasteiger partial charge in [0.25, 0.3) is 5.91 Å². The number of fused-ring (bicyclic) bond motifs is 2. The number of para-hydroxylation sites is 1. The van der Waals surface area contributed by atoms with Crippen LogP contribution in [0.25, 0.3) is 10.9 Å². The molecule has 2 aliphatic heterocycles. The molecule has 186 valence electrons. The number of nitrogens with zero attached hydrogens (tertiary/aromatic N) is 6. The summed E-state index contributed by atoms with van der Waals surface area (Å²) >= 11 is 0. The van der Waals surface area contributed by atoms with Gasteiger partial charge in [0.05, 0.1) is 24.0 Å². The third kappa shape index (κ3) is 3.64. The van der Waals surface area contributed by atoms with Crippen LogP contribution in [0.1, 0.15) is 28.9 Å². The number of likely N-dealkylation sites (tertiary alicyclic amines) is 1. The van der Waals surface area contributed by atoms with Gasteiger partial charge in [-0.2, -0.15) is 0 Å². The standard InChI is InChI=1S/C27H24N6O4/c1-17(34)31-14-21(19-9-5-6-10-22(19)31)25(35)23-12-11-20-24(33(23)30-15-28-29-16-30)27(37)32(26(20)36)13-18-7-3-2-4-8-18/h2-12,14-16,20,23-25,35H,13H2,1H3. The Bertz CT molecular complexity index is 1530. The van der Waals surface area contributed by atoms with Gasteiger partial charge in [0, 0.05) is 24.1 Å². The smallest absolute Gasteiger partial charge is 0.255 e. The molecule has 0 radical (unpaired) electrons. The summed E-state index contributed by atoms with van der Waals surface area (Å²) in [5.74, 6) is -1.56. The molecule has 2 amide bonds. The highest BCUT2D eigenvalue weighted by atomic mass is 16.3. The van der Waals surface area contributed by atoms with Gasteiger partial charge >= 0.3 is 0 Å². The number of benzene rings is 2. The van der Waals surface area contributed by atoms with Crippen LogP contribution in [-0.4, -0.2) is 59.3 Å². The molecule has 1 fully saturated rings. The van der Waals surface area contributed by atoms with Crippen LogP contribution in [0, 0.1) is 5.92 Å². The van der Waals surface area contributed by atoms with Gasteiger partial charge in [-0.1, -0.05) is 60.7 Å². The highest BCUT2D eigenvalue weighted by molar-refractivity contribution is 6.09. The van der Waals surface area contributed by atoms with Crippen LogP contribution in [0.15, 0.2) is 85.6 Å². The van der Waals surface area contributed by atoms with Gasteiger partial charge in [-0.25, -0.2) is 4.68 Å². The summed E-state index contributed by atoms with van der Waals surface area (Å²) in [5.41, 5.74) is 2.06. The van der Waals surface area contributed by atoms with Gasteiger partial charge in [-0.05, 0) is 11.6 Å². The molecule has 1 N–H and O–H groups in total. The summed E-state index contributed by atoms with van der Waals surface area (Å²) in [6.45, 7) is 1.62. The van der Waals surface area contributed by atoms with Gasteiger partial charge in [-0.15, -0.1) is 10.2 Å². The second-order valence-electron chi connectivity index (χ2n) is 9.25. The lowest BCUT2D eigenvalue weighted by atomic mass is 9.90. The molecule has 10 heteroatoms. The van der Waals surface area contributed by atoms with Crippen LogP contribution in [-0.2, 0) is 16.1 Å². The van der Waals surface area contributed by atoms with E-state index in [9.17, 15) is 19.5 Å². The van der Waals surface area contributed by atoms with Gasteiger partial charge < -0.3 is 5.11 Å². The molecule has 0 saturated carbocycles. The average molecular weight is 497 g/mol. The third-order valence-corrected chi connectivity index (χ3v) is 7.10. The van der Waals surface area contributed by atoms with Crippen molar-refractivity contribution in [1.82, 2.24) is 24.3 Å². The zero-order valence-corrected chi connectivity index (χ0v) is 20.0. The number of carbonyl (C=O) groups is 3.